The predicted molar refractivity (Wildman–Crippen MR) is 93.5 cm³/mol. The van der Waals surface area contributed by atoms with Gasteiger partial charge in [0, 0.05) is 31.3 Å². The van der Waals surface area contributed by atoms with Gasteiger partial charge < -0.3 is 18.8 Å². The van der Waals surface area contributed by atoms with Crippen LogP contribution in [0.25, 0.3) is 11.6 Å². The van der Waals surface area contributed by atoms with E-state index in [1.165, 1.54) is 6.26 Å². The van der Waals surface area contributed by atoms with Crippen molar-refractivity contribution >= 4 is 17.8 Å². The molecule has 2 aromatic rings. The number of fused-ring (bicyclic) bond motifs is 3. The molecule has 2 bridgehead atoms. The summed E-state index contributed by atoms with van der Waals surface area (Å²) in [5.41, 5.74) is 0.517. The fourth-order valence-electron chi connectivity index (χ4n) is 3.91. The second kappa shape index (κ2) is 6.41. The van der Waals surface area contributed by atoms with Crippen molar-refractivity contribution in [3.63, 3.8) is 0 Å². The molecule has 144 valence electrons. The monoisotopic (exact) mass is 383 g/mol. The van der Waals surface area contributed by atoms with Crippen molar-refractivity contribution < 1.29 is 23.5 Å². The van der Waals surface area contributed by atoms with Crippen molar-refractivity contribution in [1.29, 1.82) is 0 Å². The Hall–Kier alpha value is -3.27. The summed E-state index contributed by atoms with van der Waals surface area (Å²) in [6, 6.07) is 3.75. The molecule has 3 saturated heterocycles. The molecule has 0 aliphatic carbocycles. The van der Waals surface area contributed by atoms with Crippen molar-refractivity contribution in [1.82, 2.24) is 20.1 Å². The van der Waals surface area contributed by atoms with Crippen molar-refractivity contribution in [3.8, 4) is 11.6 Å². The average Bonchev–Trinajstić information content (AvgIpc) is 3.11. The molecule has 0 amide bonds. The van der Waals surface area contributed by atoms with Crippen LogP contribution < -0.4 is 4.90 Å². The summed E-state index contributed by atoms with van der Waals surface area (Å²) in [7, 11) is 0. The second-order valence-corrected chi connectivity index (χ2v) is 6.85. The van der Waals surface area contributed by atoms with Gasteiger partial charge in [0.25, 0.3) is 0 Å². The quantitative estimate of drug-likeness (QED) is 0.688. The van der Waals surface area contributed by atoms with E-state index in [1.54, 1.807) is 12.3 Å². The summed E-state index contributed by atoms with van der Waals surface area (Å²) in [5, 5.41) is 8.52. The Morgan fingerprint density at radius 3 is 2.39 bits per heavy atom. The minimum absolute atomic E-state index is 0.157. The molecule has 10 heteroatoms. The minimum atomic E-state index is -1.48. The van der Waals surface area contributed by atoms with E-state index >= 15 is 0 Å². The molecule has 28 heavy (non-hydrogen) atoms. The third kappa shape index (κ3) is 2.82. The van der Waals surface area contributed by atoms with E-state index in [-0.39, 0.29) is 12.6 Å². The van der Waals surface area contributed by atoms with Crippen LogP contribution in [0.4, 0.5) is 5.82 Å². The van der Waals surface area contributed by atoms with Gasteiger partial charge in [-0.3, -0.25) is 0 Å². The number of hydrogen-bond acceptors (Lipinski definition) is 10. The number of ether oxygens (including phenoxy) is 2. The molecule has 0 saturated carbocycles. The van der Waals surface area contributed by atoms with E-state index in [0.29, 0.717) is 30.5 Å². The highest BCUT2D eigenvalue weighted by Crippen LogP contribution is 2.36. The fourth-order valence-corrected chi connectivity index (χ4v) is 3.91. The molecular weight excluding hydrogens is 366 g/mol. The van der Waals surface area contributed by atoms with Gasteiger partial charge in [0.2, 0.25) is 5.89 Å². The maximum atomic E-state index is 12.1. The molecule has 10 nitrogen and oxygen atoms in total. The number of anilines is 1. The van der Waals surface area contributed by atoms with Crippen LogP contribution in [0.1, 0.15) is 12.8 Å². The number of nitrogens with zero attached hydrogens (tertiary/aromatic N) is 5. The third-order valence-electron chi connectivity index (χ3n) is 5.23. The molecule has 0 N–H and O–H groups in total. The molecule has 6 rings (SSSR count). The number of aromatic nitrogens is 3. The Balaban J connectivity index is 1.49. The summed E-state index contributed by atoms with van der Waals surface area (Å²) in [6.45, 7) is 1.44. The van der Waals surface area contributed by atoms with Gasteiger partial charge in [0.05, 0.1) is 6.20 Å². The molecule has 4 aliphatic rings. The number of hydrogen-bond donors (Lipinski definition) is 0. The van der Waals surface area contributed by atoms with E-state index in [4.69, 9.17) is 13.9 Å². The predicted octanol–water partition coefficient (Wildman–Crippen LogP) is 0.726. The van der Waals surface area contributed by atoms with Gasteiger partial charge >= 0.3 is 17.8 Å². The first-order valence-corrected chi connectivity index (χ1v) is 9.02. The standard InChI is InChI=1S/C18H17N5O5/c24-15-3-4-16(25)28-18(27-15)11-23(12-5-8-22(18)9-6-12)14-2-1-13(20-21-14)17-19-7-10-26-17/h1-4,7,10,12H,5-6,8-9,11H2. The van der Waals surface area contributed by atoms with Gasteiger partial charge in [-0.15, -0.1) is 10.2 Å². The Bertz CT molecular complexity index is 898. The molecule has 0 unspecified atom stereocenters. The van der Waals surface area contributed by atoms with Crippen LogP contribution in [0, 0.1) is 0 Å². The maximum absolute atomic E-state index is 12.1. The van der Waals surface area contributed by atoms with E-state index in [2.05, 4.69) is 15.2 Å². The van der Waals surface area contributed by atoms with E-state index in [9.17, 15) is 9.59 Å². The number of carbonyl (C=O) groups is 2. The Morgan fingerprint density at radius 2 is 1.79 bits per heavy atom. The van der Waals surface area contributed by atoms with Gasteiger partial charge in [-0.2, -0.15) is 0 Å². The zero-order chi connectivity index (χ0) is 19.1. The van der Waals surface area contributed by atoms with Gasteiger partial charge in [-0.1, -0.05) is 0 Å². The second-order valence-electron chi connectivity index (χ2n) is 6.85. The minimum Gasteiger partial charge on any atom is -0.443 e. The lowest BCUT2D eigenvalue weighted by molar-refractivity contribution is -0.274. The van der Waals surface area contributed by atoms with Gasteiger partial charge in [0.1, 0.15) is 18.5 Å². The molecule has 2 aromatic heterocycles. The van der Waals surface area contributed by atoms with Crippen LogP contribution in [0.5, 0.6) is 0 Å². The largest absolute Gasteiger partial charge is 0.443 e. The SMILES string of the molecule is O=C1C=CC(=O)OC2(CN(c3ccc(-c4ncco4)nn3)C3CCN2CC3)O1. The number of piperidine rings is 1. The lowest BCUT2D eigenvalue weighted by atomic mass is 10.1. The van der Waals surface area contributed by atoms with E-state index in [0.717, 1.165) is 25.0 Å². The van der Waals surface area contributed by atoms with Crippen molar-refractivity contribution in [2.24, 2.45) is 0 Å². The molecule has 0 radical (unpaired) electrons. The fraction of sp³-hybridized carbons (Fsp3) is 0.389. The van der Waals surface area contributed by atoms with Crippen molar-refractivity contribution in [2.75, 3.05) is 24.5 Å². The van der Waals surface area contributed by atoms with Crippen molar-refractivity contribution in [3.05, 3.63) is 36.7 Å². The highest BCUT2D eigenvalue weighted by molar-refractivity contribution is 5.93. The zero-order valence-corrected chi connectivity index (χ0v) is 14.9. The molecule has 1 spiro atoms. The first-order valence-electron chi connectivity index (χ1n) is 9.02. The van der Waals surface area contributed by atoms with Crippen LogP contribution in [0.15, 0.2) is 41.2 Å². The van der Waals surface area contributed by atoms with Crippen LogP contribution in [0.3, 0.4) is 0 Å². The van der Waals surface area contributed by atoms with E-state index in [1.807, 2.05) is 15.9 Å². The molecule has 4 aliphatic heterocycles. The molecular formula is C18H17N5O5. The molecule has 3 fully saturated rings. The van der Waals surface area contributed by atoms with Crippen molar-refractivity contribution in [2.45, 2.75) is 24.8 Å². The third-order valence-corrected chi connectivity index (χ3v) is 5.23. The maximum Gasteiger partial charge on any atom is 0.339 e. The summed E-state index contributed by atoms with van der Waals surface area (Å²) < 4.78 is 16.4. The lowest BCUT2D eigenvalue weighted by Crippen LogP contribution is -2.58. The Labute approximate surface area is 159 Å². The molecule has 6 heterocycles. The summed E-state index contributed by atoms with van der Waals surface area (Å²) in [4.78, 5) is 32.1. The summed E-state index contributed by atoms with van der Waals surface area (Å²) in [5.74, 6) is -1.71. The highest BCUT2D eigenvalue weighted by atomic mass is 16.8. The number of oxazole rings is 1. The summed E-state index contributed by atoms with van der Waals surface area (Å²) >= 11 is 0. The Kier molecular flexibility index (Phi) is 3.86. The average molecular weight is 383 g/mol. The van der Waals surface area contributed by atoms with Gasteiger partial charge in [-0.05, 0) is 25.0 Å². The van der Waals surface area contributed by atoms with E-state index < -0.39 is 17.8 Å². The van der Waals surface area contributed by atoms with Gasteiger partial charge in [0.15, 0.2) is 5.82 Å². The highest BCUT2D eigenvalue weighted by Gasteiger charge is 2.52. The van der Waals surface area contributed by atoms with Gasteiger partial charge in [-0.25, -0.2) is 19.5 Å². The zero-order valence-electron chi connectivity index (χ0n) is 14.9. The van der Waals surface area contributed by atoms with Crippen LogP contribution in [-0.4, -0.2) is 63.6 Å². The molecule has 0 atom stereocenters. The normalized spacial score (nSPS) is 25.9. The number of rotatable bonds is 2. The molecule has 0 aromatic carbocycles. The Morgan fingerprint density at radius 1 is 1.04 bits per heavy atom. The smallest absolute Gasteiger partial charge is 0.339 e. The number of esters is 2. The summed E-state index contributed by atoms with van der Waals surface area (Å²) in [6.07, 6.45) is 6.84. The number of carbonyl (C=O) groups excluding carboxylic acids is 2. The van der Waals surface area contributed by atoms with Crippen LogP contribution >= 0.6 is 0 Å². The first-order chi connectivity index (χ1) is 13.6. The van der Waals surface area contributed by atoms with Crippen LogP contribution in [0.2, 0.25) is 0 Å². The lowest BCUT2D eigenvalue weighted by Gasteiger charge is -2.39. The first kappa shape index (κ1) is 16.9. The van der Waals surface area contributed by atoms with Crippen LogP contribution in [-0.2, 0) is 19.1 Å². The topological polar surface area (TPSA) is 111 Å².